The number of hydrogen-bond acceptors (Lipinski definition) is 4. The van der Waals surface area contributed by atoms with E-state index in [1.165, 1.54) is 19.5 Å². The van der Waals surface area contributed by atoms with Crippen LogP contribution in [0.15, 0.2) is 0 Å². The Labute approximate surface area is 93.5 Å². The van der Waals surface area contributed by atoms with Gasteiger partial charge in [0.1, 0.15) is 0 Å². The zero-order chi connectivity index (χ0) is 11.1. The molecule has 0 radical (unpaired) electrons. The lowest BCUT2D eigenvalue weighted by atomic mass is 10.4. The standard InChI is InChI=1S/C11H25N3O/c1-12(2)6-7-13-4-3-5-14(9-8-13)10-11-15/h15H,3-11H2,1-2H3. The summed E-state index contributed by atoms with van der Waals surface area (Å²) in [5.41, 5.74) is 0. The van der Waals surface area contributed by atoms with Gasteiger partial charge in [-0.25, -0.2) is 0 Å². The van der Waals surface area contributed by atoms with Crippen LogP contribution in [0.2, 0.25) is 0 Å². The highest BCUT2D eigenvalue weighted by Crippen LogP contribution is 2.02. The van der Waals surface area contributed by atoms with Gasteiger partial charge in [-0.2, -0.15) is 0 Å². The predicted molar refractivity (Wildman–Crippen MR) is 63.1 cm³/mol. The second-order valence-corrected chi connectivity index (χ2v) is 4.56. The highest BCUT2D eigenvalue weighted by molar-refractivity contribution is 4.69. The average Bonchev–Trinajstić information content (AvgIpc) is 2.41. The molecule has 0 aliphatic carbocycles. The molecule has 0 spiro atoms. The Hall–Kier alpha value is -0.160. The minimum absolute atomic E-state index is 0.289. The normalized spacial score (nSPS) is 20.8. The van der Waals surface area contributed by atoms with Gasteiger partial charge in [0, 0.05) is 32.7 Å². The van der Waals surface area contributed by atoms with Crippen LogP contribution in [0.25, 0.3) is 0 Å². The van der Waals surface area contributed by atoms with Gasteiger partial charge in [0.25, 0.3) is 0 Å². The van der Waals surface area contributed by atoms with Crippen LogP contribution in [-0.4, -0.2) is 86.3 Å². The molecule has 1 aliphatic heterocycles. The first-order valence-corrected chi connectivity index (χ1v) is 5.92. The summed E-state index contributed by atoms with van der Waals surface area (Å²) >= 11 is 0. The fraction of sp³-hybridized carbons (Fsp3) is 1.00. The van der Waals surface area contributed by atoms with Crippen molar-refractivity contribution in [1.29, 1.82) is 0 Å². The molecule has 0 amide bonds. The van der Waals surface area contributed by atoms with Gasteiger partial charge in [-0.15, -0.1) is 0 Å². The molecule has 15 heavy (non-hydrogen) atoms. The summed E-state index contributed by atoms with van der Waals surface area (Å²) in [4.78, 5) is 7.11. The van der Waals surface area contributed by atoms with E-state index in [1.54, 1.807) is 0 Å². The zero-order valence-corrected chi connectivity index (χ0v) is 10.2. The van der Waals surface area contributed by atoms with Gasteiger partial charge in [0.15, 0.2) is 0 Å². The third-order valence-corrected chi connectivity index (χ3v) is 2.96. The Morgan fingerprint density at radius 1 is 1.00 bits per heavy atom. The highest BCUT2D eigenvalue weighted by Gasteiger charge is 2.13. The smallest absolute Gasteiger partial charge is 0.0558 e. The van der Waals surface area contributed by atoms with Gasteiger partial charge in [-0.05, 0) is 33.6 Å². The Morgan fingerprint density at radius 2 is 1.60 bits per heavy atom. The third-order valence-electron chi connectivity index (χ3n) is 2.96. The molecule has 0 bridgehead atoms. The van der Waals surface area contributed by atoms with Crippen LogP contribution in [0.5, 0.6) is 0 Å². The summed E-state index contributed by atoms with van der Waals surface area (Å²) in [6.45, 7) is 8.02. The minimum Gasteiger partial charge on any atom is -0.395 e. The van der Waals surface area contributed by atoms with E-state index < -0.39 is 0 Å². The molecule has 1 aliphatic rings. The fourth-order valence-corrected chi connectivity index (χ4v) is 1.95. The molecular weight excluding hydrogens is 190 g/mol. The highest BCUT2D eigenvalue weighted by atomic mass is 16.3. The zero-order valence-electron chi connectivity index (χ0n) is 10.2. The molecule has 1 fully saturated rings. The minimum atomic E-state index is 0.289. The van der Waals surface area contributed by atoms with E-state index in [2.05, 4.69) is 28.8 Å². The molecule has 1 rings (SSSR count). The first-order valence-electron chi connectivity index (χ1n) is 5.92. The van der Waals surface area contributed by atoms with E-state index >= 15 is 0 Å². The van der Waals surface area contributed by atoms with Crippen molar-refractivity contribution in [2.24, 2.45) is 0 Å². The molecule has 1 heterocycles. The second kappa shape index (κ2) is 7.17. The Kier molecular flexibility index (Phi) is 6.17. The summed E-state index contributed by atoms with van der Waals surface area (Å²) in [5.74, 6) is 0. The van der Waals surface area contributed by atoms with Crippen molar-refractivity contribution in [2.45, 2.75) is 6.42 Å². The first kappa shape index (κ1) is 12.9. The van der Waals surface area contributed by atoms with Crippen molar-refractivity contribution in [2.75, 3.05) is 66.5 Å². The van der Waals surface area contributed by atoms with E-state index in [0.29, 0.717) is 0 Å². The van der Waals surface area contributed by atoms with Gasteiger partial charge in [-0.1, -0.05) is 0 Å². The number of aliphatic hydroxyl groups excluding tert-OH is 1. The third kappa shape index (κ3) is 5.47. The van der Waals surface area contributed by atoms with Crippen LogP contribution in [0, 0.1) is 0 Å². The van der Waals surface area contributed by atoms with Gasteiger partial charge in [-0.3, -0.25) is 4.90 Å². The maximum atomic E-state index is 8.89. The van der Waals surface area contributed by atoms with E-state index in [-0.39, 0.29) is 6.61 Å². The van der Waals surface area contributed by atoms with Crippen LogP contribution < -0.4 is 0 Å². The fourth-order valence-electron chi connectivity index (χ4n) is 1.95. The van der Waals surface area contributed by atoms with E-state index in [1.807, 2.05) is 0 Å². The molecule has 4 heteroatoms. The van der Waals surface area contributed by atoms with Crippen molar-refractivity contribution in [1.82, 2.24) is 14.7 Å². The van der Waals surface area contributed by atoms with Crippen LogP contribution in [0.4, 0.5) is 0 Å². The molecule has 1 saturated heterocycles. The molecule has 0 aromatic heterocycles. The van der Waals surface area contributed by atoms with Crippen molar-refractivity contribution < 1.29 is 5.11 Å². The van der Waals surface area contributed by atoms with Crippen LogP contribution in [-0.2, 0) is 0 Å². The summed E-state index contributed by atoms with van der Waals surface area (Å²) in [6, 6.07) is 0. The number of nitrogens with zero attached hydrogens (tertiary/aromatic N) is 3. The summed E-state index contributed by atoms with van der Waals surface area (Å²) in [6.07, 6.45) is 1.23. The topological polar surface area (TPSA) is 30.0 Å². The number of rotatable bonds is 5. The molecule has 0 aromatic rings. The van der Waals surface area contributed by atoms with Gasteiger partial charge >= 0.3 is 0 Å². The van der Waals surface area contributed by atoms with Crippen molar-refractivity contribution in [3.63, 3.8) is 0 Å². The first-order chi connectivity index (χ1) is 7.22. The van der Waals surface area contributed by atoms with E-state index in [0.717, 1.165) is 32.7 Å². The lowest BCUT2D eigenvalue weighted by Gasteiger charge is -2.22. The maximum absolute atomic E-state index is 8.89. The molecule has 1 N–H and O–H groups in total. The van der Waals surface area contributed by atoms with Gasteiger partial charge in [0.05, 0.1) is 6.61 Å². The summed E-state index contributed by atoms with van der Waals surface area (Å²) in [7, 11) is 4.24. The lowest BCUT2D eigenvalue weighted by molar-refractivity contribution is 0.194. The van der Waals surface area contributed by atoms with Gasteiger partial charge in [0.2, 0.25) is 0 Å². The lowest BCUT2D eigenvalue weighted by Crippen LogP contribution is -2.35. The van der Waals surface area contributed by atoms with Crippen LogP contribution in [0.3, 0.4) is 0 Å². The maximum Gasteiger partial charge on any atom is 0.0558 e. The van der Waals surface area contributed by atoms with Crippen LogP contribution in [0.1, 0.15) is 6.42 Å². The molecule has 0 unspecified atom stereocenters. The Morgan fingerprint density at radius 3 is 2.13 bits per heavy atom. The predicted octanol–water partition coefficient (Wildman–Crippen LogP) is -0.452. The average molecular weight is 215 g/mol. The Bertz CT molecular complexity index is 164. The SMILES string of the molecule is CN(C)CCN1CCCN(CCO)CC1. The molecule has 0 atom stereocenters. The van der Waals surface area contributed by atoms with E-state index in [4.69, 9.17) is 5.11 Å². The molecule has 0 aromatic carbocycles. The summed E-state index contributed by atoms with van der Waals surface area (Å²) in [5, 5.41) is 8.89. The Balaban J connectivity index is 2.20. The van der Waals surface area contributed by atoms with Gasteiger partial charge < -0.3 is 14.9 Å². The molecule has 4 nitrogen and oxygen atoms in total. The number of likely N-dealkylation sites (N-methyl/N-ethyl adjacent to an activating group) is 1. The molecule has 0 saturated carbocycles. The monoisotopic (exact) mass is 215 g/mol. The number of β-amino-alcohol motifs (C(OH)–C–C–N with tert-alkyl or cyclic N) is 1. The second-order valence-electron chi connectivity index (χ2n) is 4.56. The van der Waals surface area contributed by atoms with Crippen LogP contribution >= 0.6 is 0 Å². The quantitative estimate of drug-likeness (QED) is 0.673. The number of hydrogen-bond donors (Lipinski definition) is 1. The van der Waals surface area contributed by atoms with Crippen molar-refractivity contribution >= 4 is 0 Å². The van der Waals surface area contributed by atoms with E-state index in [9.17, 15) is 0 Å². The number of aliphatic hydroxyl groups is 1. The van der Waals surface area contributed by atoms with Crippen molar-refractivity contribution in [3.8, 4) is 0 Å². The summed E-state index contributed by atoms with van der Waals surface area (Å²) < 4.78 is 0. The largest absolute Gasteiger partial charge is 0.395 e. The molecular formula is C11H25N3O. The molecule has 90 valence electrons. The van der Waals surface area contributed by atoms with Crippen molar-refractivity contribution in [3.05, 3.63) is 0 Å².